The molecule has 122 valence electrons. The Morgan fingerprint density at radius 3 is 2.36 bits per heavy atom. The second kappa shape index (κ2) is 7.93. The van der Waals surface area contributed by atoms with E-state index in [9.17, 15) is 14.4 Å². The standard InChI is InChI=1S/C15H22N2O4S/c1-5-9-7-10(14(22-9)16-11(18)6-2)13(19)17-12(8(3)4)15(20)21/h7-8,12H,5-6H2,1-4H3,(H,16,18)(H,17,19)(H,20,21). The summed E-state index contributed by atoms with van der Waals surface area (Å²) in [6.07, 6.45) is 1.05. The van der Waals surface area contributed by atoms with Crippen molar-refractivity contribution in [3.63, 3.8) is 0 Å². The largest absolute Gasteiger partial charge is 0.480 e. The van der Waals surface area contributed by atoms with Gasteiger partial charge in [-0.3, -0.25) is 9.59 Å². The SMILES string of the molecule is CCC(=O)Nc1sc(CC)cc1C(=O)NC(C(=O)O)C(C)C. The molecule has 1 aromatic heterocycles. The topological polar surface area (TPSA) is 95.5 Å². The number of carbonyl (C=O) groups is 3. The van der Waals surface area contributed by atoms with E-state index >= 15 is 0 Å². The molecule has 2 amide bonds. The molecule has 0 saturated carbocycles. The van der Waals surface area contributed by atoms with Gasteiger partial charge in [0.2, 0.25) is 5.91 Å². The molecule has 0 aromatic carbocycles. The van der Waals surface area contributed by atoms with Gasteiger partial charge in [-0.05, 0) is 18.4 Å². The first-order chi connectivity index (χ1) is 10.3. The summed E-state index contributed by atoms with van der Waals surface area (Å²) in [7, 11) is 0. The quantitative estimate of drug-likeness (QED) is 0.717. The highest BCUT2D eigenvalue weighted by Gasteiger charge is 2.26. The summed E-state index contributed by atoms with van der Waals surface area (Å²) in [4.78, 5) is 36.1. The summed E-state index contributed by atoms with van der Waals surface area (Å²) in [5.74, 6) is -1.98. The van der Waals surface area contributed by atoms with Crippen LogP contribution in [-0.2, 0) is 16.0 Å². The van der Waals surface area contributed by atoms with Gasteiger partial charge in [0.25, 0.3) is 5.91 Å². The third-order valence-electron chi connectivity index (χ3n) is 3.17. The fourth-order valence-electron chi connectivity index (χ4n) is 1.83. The lowest BCUT2D eigenvalue weighted by Crippen LogP contribution is -2.44. The van der Waals surface area contributed by atoms with Crippen LogP contribution in [0.25, 0.3) is 0 Å². The molecule has 0 aliphatic carbocycles. The summed E-state index contributed by atoms with van der Waals surface area (Å²) >= 11 is 1.34. The summed E-state index contributed by atoms with van der Waals surface area (Å²) < 4.78 is 0. The lowest BCUT2D eigenvalue weighted by Gasteiger charge is -2.18. The highest BCUT2D eigenvalue weighted by molar-refractivity contribution is 7.16. The van der Waals surface area contributed by atoms with Gasteiger partial charge in [0.05, 0.1) is 5.56 Å². The molecule has 6 nitrogen and oxygen atoms in total. The van der Waals surface area contributed by atoms with Crippen LogP contribution in [0.15, 0.2) is 6.07 Å². The van der Waals surface area contributed by atoms with E-state index in [1.54, 1.807) is 26.8 Å². The number of aryl methyl sites for hydroxylation is 1. The summed E-state index contributed by atoms with van der Waals surface area (Å²) in [5.41, 5.74) is 0.315. The van der Waals surface area contributed by atoms with E-state index in [1.807, 2.05) is 6.92 Å². The number of anilines is 1. The molecule has 1 rings (SSSR count). The zero-order valence-electron chi connectivity index (χ0n) is 13.2. The van der Waals surface area contributed by atoms with Crippen molar-refractivity contribution in [3.8, 4) is 0 Å². The molecule has 0 saturated heterocycles. The van der Waals surface area contributed by atoms with Gasteiger partial charge in [0, 0.05) is 11.3 Å². The number of amides is 2. The van der Waals surface area contributed by atoms with Crippen LogP contribution >= 0.6 is 11.3 Å². The molecule has 1 aromatic rings. The van der Waals surface area contributed by atoms with Crippen LogP contribution in [0, 0.1) is 5.92 Å². The maximum atomic E-state index is 12.4. The van der Waals surface area contributed by atoms with Gasteiger partial charge in [-0.15, -0.1) is 11.3 Å². The molecule has 0 bridgehead atoms. The van der Waals surface area contributed by atoms with Crippen LogP contribution in [-0.4, -0.2) is 28.9 Å². The number of hydrogen-bond donors (Lipinski definition) is 3. The van der Waals surface area contributed by atoms with Crippen molar-refractivity contribution in [2.45, 2.75) is 46.6 Å². The maximum absolute atomic E-state index is 12.4. The van der Waals surface area contributed by atoms with Crippen molar-refractivity contribution in [2.24, 2.45) is 5.92 Å². The van der Waals surface area contributed by atoms with E-state index in [4.69, 9.17) is 5.11 Å². The number of aliphatic carboxylic acids is 1. The van der Waals surface area contributed by atoms with Crippen molar-refractivity contribution in [3.05, 3.63) is 16.5 Å². The lowest BCUT2D eigenvalue weighted by molar-refractivity contribution is -0.140. The normalized spacial score (nSPS) is 12.0. The molecule has 7 heteroatoms. The first-order valence-corrected chi connectivity index (χ1v) is 8.07. The minimum absolute atomic E-state index is 0.183. The molecule has 0 aliphatic heterocycles. The molecule has 0 spiro atoms. The molecular weight excluding hydrogens is 304 g/mol. The van der Waals surface area contributed by atoms with E-state index in [0.29, 0.717) is 17.0 Å². The monoisotopic (exact) mass is 326 g/mol. The third kappa shape index (κ3) is 4.56. The molecule has 3 N–H and O–H groups in total. The predicted octanol–water partition coefficient (Wildman–Crippen LogP) is 2.50. The Balaban J connectivity index is 3.03. The van der Waals surface area contributed by atoms with Crippen molar-refractivity contribution < 1.29 is 19.5 Å². The molecule has 1 heterocycles. The van der Waals surface area contributed by atoms with Crippen LogP contribution in [0.4, 0.5) is 5.00 Å². The Morgan fingerprint density at radius 1 is 1.27 bits per heavy atom. The number of carbonyl (C=O) groups excluding carboxylic acids is 2. The van der Waals surface area contributed by atoms with E-state index < -0.39 is 17.9 Å². The summed E-state index contributed by atoms with van der Waals surface area (Å²) in [6, 6.07) is 0.733. The molecule has 1 atom stereocenters. The van der Waals surface area contributed by atoms with Gasteiger partial charge >= 0.3 is 5.97 Å². The number of thiophene rings is 1. The lowest BCUT2D eigenvalue weighted by atomic mass is 10.0. The first kappa shape index (κ1) is 18.2. The van der Waals surface area contributed by atoms with Gasteiger partial charge in [-0.2, -0.15) is 0 Å². The average Bonchev–Trinajstić information content (AvgIpc) is 2.86. The number of nitrogens with one attached hydrogen (secondary N) is 2. The second-order valence-electron chi connectivity index (χ2n) is 5.24. The van der Waals surface area contributed by atoms with E-state index in [0.717, 1.165) is 11.3 Å². The first-order valence-electron chi connectivity index (χ1n) is 7.26. The van der Waals surface area contributed by atoms with Gasteiger partial charge < -0.3 is 15.7 Å². The molecule has 0 aliphatic rings. The Morgan fingerprint density at radius 2 is 1.91 bits per heavy atom. The molecule has 22 heavy (non-hydrogen) atoms. The Labute approximate surface area is 133 Å². The van der Waals surface area contributed by atoms with Crippen LogP contribution in [0.2, 0.25) is 0 Å². The fraction of sp³-hybridized carbons (Fsp3) is 0.533. The third-order valence-corrected chi connectivity index (χ3v) is 4.36. The average molecular weight is 326 g/mol. The summed E-state index contributed by atoms with van der Waals surface area (Å²) in [5, 5.41) is 14.8. The van der Waals surface area contributed by atoms with Gasteiger partial charge in [-0.1, -0.05) is 27.7 Å². The van der Waals surface area contributed by atoms with Crippen molar-refractivity contribution in [2.75, 3.05) is 5.32 Å². The predicted molar refractivity (Wildman–Crippen MR) is 86.3 cm³/mol. The van der Waals surface area contributed by atoms with Crippen LogP contribution in [0.1, 0.15) is 49.4 Å². The van der Waals surface area contributed by atoms with Crippen molar-refractivity contribution in [1.29, 1.82) is 0 Å². The Bertz CT molecular complexity index is 566. The zero-order valence-corrected chi connectivity index (χ0v) is 14.0. The number of hydrogen-bond acceptors (Lipinski definition) is 4. The molecule has 0 radical (unpaired) electrons. The minimum atomic E-state index is -1.08. The maximum Gasteiger partial charge on any atom is 0.326 e. The molecule has 0 fully saturated rings. The Hall–Kier alpha value is -1.89. The zero-order chi connectivity index (χ0) is 16.9. The van der Waals surface area contributed by atoms with Crippen LogP contribution in [0.5, 0.6) is 0 Å². The van der Waals surface area contributed by atoms with E-state index in [1.165, 1.54) is 11.3 Å². The minimum Gasteiger partial charge on any atom is -0.480 e. The molecule has 1 unspecified atom stereocenters. The van der Waals surface area contributed by atoms with Gasteiger partial charge in [0.15, 0.2) is 0 Å². The number of carboxylic acids is 1. The van der Waals surface area contributed by atoms with E-state index in [-0.39, 0.29) is 11.8 Å². The highest BCUT2D eigenvalue weighted by atomic mass is 32.1. The number of carboxylic acid groups (broad SMARTS) is 1. The summed E-state index contributed by atoms with van der Waals surface area (Å²) in [6.45, 7) is 7.13. The highest BCUT2D eigenvalue weighted by Crippen LogP contribution is 2.29. The van der Waals surface area contributed by atoms with Gasteiger partial charge in [-0.25, -0.2) is 4.79 Å². The fourth-order valence-corrected chi connectivity index (χ4v) is 2.84. The van der Waals surface area contributed by atoms with E-state index in [2.05, 4.69) is 10.6 Å². The van der Waals surface area contributed by atoms with Crippen LogP contribution in [0.3, 0.4) is 0 Å². The smallest absolute Gasteiger partial charge is 0.326 e. The van der Waals surface area contributed by atoms with Gasteiger partial charge in [0.1, 0.15) is 11.0 Å². The van der Waals surface area contributed by atoms with Crippen LogP contribution < -0.4 is 10.6 Å². The van der Waals surface area contributed by atoms with Crippen molar-refractivity contribution in [1.82, 2.24) is 5.32 Å². The Kier molecular flexibility index (Phi) is 6.55. The molecular formula is C15H22N2O4S. The number of rotatable bonds is 7. The van der Waals surface area contributed by atoms with Crippen molar-refractivity contribution >= 4 is 34.1 Å². The second-order valence-corrected chi connectivity index (χ2v) is 6.38.